The molecule has 3 atom stereocenters. The molecule has 0 radical (unpaired) electrons. The summed E-state index contributed by atoms with van der Waals surface area (Å²) < 4.78 is 1.34. The summed E-state index contributed by atoms with van der Waals surface area (Å²) in [6.45, 7) is 0. The zero-order chi connectivity index (χ0) is 13.5. The maximum absolute atomic E-state index is 6.50. The maximum atomic E-state index is 6.50. The van der Waals surface area contributed by atoms with Crippen LogP contribution in [0.1, 0.15) is 28.8 Å². The molecular weight excluding hydrogens is 262 g/mol. The lowest BCUT2D eigenvalue weighted by Crippen LogP contribution is -2.11. The van der Waals surface area contributed by atoms with E-state index in [4.69, 9.17) is 5.73 Å². The lowest BCUT2D eigenvalue weighted by atomic mass is 10.0. The summed E-state index contributed by atoms with van der Waals surface area (Å²) in [4.78, 5) is 1.33. The van der Waals surface area contributed by atoms with E-state index in [0.717, 1.165) is 0 Å². The third kappa shape index (κ3) is 2.05. The van der Waals surface area contributed by atoms with Gasteiger partial charge in [0, 0.05) is 15.6 Å². The summed E-state index contributed by atoms with van der Waals surface area (Å²) in [5, 5.41) is 1.32. The van der Waals surface area contributed by atoms with Gasteiger partial charge >= 0.3 is 0 Å². The molecule has 4 rings (SSSR count). The minimum Gasteiger partial charge on any atom is -0.323 e. The monoisotopic (exact) mass is 279 g/mol. The molecule has 1 aliphatic carbocycles. The Morgan fingerprint density at radius 2 is 1.75 bits per heavy atom. The van der Waals surface area contributed by atoms with Gasteiger partial charge in [0.15, 0.2) is 0 Å². The highest BCUT2D eigenvalue weighted by molar-refractivity contribution is 7.19. The quantitative estimate of drug-likeness (QED) is 0.738. The second-order valence-electron chi connectivity index (χ2n) is 5.63. The summed E-state index contributed by atoms with van der Waals surface area (Å²) in [6, 6.07) is 21.7. The van der Waals surface area contributed by atoms with Crippen LogP contribution in [0.2, 0.25) is 0 Å². The molecule has 0 saturated heterocycles. The van der Waals surface area contributed by atoms with Crippen molar-refractivity contribution in [3.63, 3.8) is 0 Å². The van der Waals surface area contributed by atoms with Gasteiger partial charge in [-0.1, -0.05) is 48.5 Å². The molecule has 3 aromatic rings. The number of thiophene rings is 1. The van der Waals surface area contributed by atoms with E-state index in [1.165, 1.54) is 26.9 Å². The smallest absolute Gasteiger partial charge is 0.0424 e. The Hall–Kier alpha value is -1.64. The molecule has 2 N–H and O–H groups in total. The van der Waals surface area contributed by atoms with Crippen LogP contribution in [0.3, 0.4) is 0 Å². The van der Waals surface area contributed by atoms with Gasteiger partial charge in [0.2, 0.25) is 0 Å². The second-order valence-corrected chi connectivity index (χ2v) is 6.74. The van der Waals surface area contributed by atoms with E-state index >= 15 is 0 Å². The molecule has 2 heteroatoms. The Bertz CT molecular complexity index is 698. The number of benzene rings is 2. The number of nitrogens with two attached hydrogens (primary N) is 1. The van der Waals surface area contributed by atoms with Crippen molar-refractivity contribution in [2.75, 3.05) is 0 Å². The molecule has 1 fully saturated rings. The Labute approximate surface area is 123 Å². The second kappa shape index (κ2) is 4.72. The summed E-state index contributed by atoms with van der Waals surface area (Å²) in [5.41, 5.74) is 7.94. The van der Waals surface area contributed by atoms with Gasteiger partial charge in [0.05, 0.1) is 0 Å². The largest absolute Gasteiger partial charge is 0.323 e. The van der Waals surface area contributed by atoms with Gasteiger partial charge in [-0.25, -0.2) is 0 Å². The summed E-state index contributed by atoms with van der Waals surface area (Å²) in [6.07, 6.45) is 1.22. The highest BCUT2D eigenvalue weighted by Crippen LogP contribution is 2.54. The van der Waals surface area contributed by atoms with Crippen LogP contribution < -0.4 is 5.73 Å². The topological polar surface area (TPSA) is 26.0 Å². The average molecular weight is 279 g/mol. The van der Waals surface area contributed by atoms with Crippen molar-refractivity contribution in [2.45, 2.75) is 18.4 Å². The van der Waals surface area contributed by atoms with Gasteiger partial charge in [0.1, 0.15) is 0 Å². The molecule has 0 bridgehead atoms. The lowest BCUT2D eigenvalue weighted by Gasteiger charge is -2.08. The van der Waals surface area contributed by atoms with Crippen molar-refractivity contribution in [3.8, 4) is 0 Å². The Balaban J connectivity index is 1.58. The fourth-order valence-corrected chi connectivity index (χ4v) is 4.21. The SMILES string of the molecule is NC(c1cc2ccccc2s1)C1CC1c1ccccc1. The first kappa shape index (κ1) is 12.1. The number of hydrogen-bond acceptors (Lipinski definition) is 2. The Morgan fingerprint density at radius 3 is 2.55 bits per heavy atom. The first-order valence-corrected chi connectivity index (χ1v) is 7.93. The maximum Gasteiger partial charge on any atom is 0.0424 e. The molecular formula is C18H17NS. The summed E-state index contributed by atoms with van der Waals surface area (Å²) in [5.74, 6) is 1.25. The molecule has 0 spiro atoms. The fraction of sp³-hybridized carbons (Fsp3) is 0.222. The normalized spacial score (nSPS) is 22.9. The third-order valence-electron chi connectivity index (χ3n) is 4.30. The molecule has 0 amide bonds. The number of rotatable bonds is 3. The van der Waals surface area contributed by atoms with E-state index in [0.29, 0.717) is 11.8 Å². The van der Waals surface area contributed by atoms with Crippen LogP contribution >= 0.6 is 11.3 Å². The summed E-state index contributed by atoms with van der Waals surface area (Å²) in [7, 11) is 0. The molecule has 20 heavy (non-hydrogen) atoms. The van der Waals surface area contributed by atoms with Crippen LogP contribution in [0.25, 0.3) is 10.1 Å². The Kier molecular flexibility index (Phi) is 2.86. The number of fused-ring (bicyclic) bond motifs is 1. The van der Waals surface area contributed by atoms with E-state index in [1.807, 2.05) is 11.3 Å². The van der Waals surface area contributed by atoms with Gasteiger partial charge in [-0.2, -0.15) is 0 Å². The van der Waals surface area contributed by atoms with Crippen LogP contribution in [-0.2, 0) is 0 Å². The van der Waals surface area contributed by atoms with Gasteiger partial charge in [-0.3, -0.25) is 0 Å². The van der Waals surface area contributed by atoms with Crippen LogP contribution in [0, 0.1) is 5.92 Å². The molecule has 100 valence electrons. The van der Waals surface area contributed by atoms with Crippen molar-refractivity contribution in [3.05, 3.63) is 71.1 Å². The first-order chi connectivity index (χ1) is 9.83. The highest BCUT2D eigenvalue weighted by atomic mass is 32.1. The predicted molar refractivity (Wildman–Crippen MR) is 86.0 cm³/mol. The predicted octanol–water partition coefficient (Wildman–Crippen LogP) is 4.70. The zero-order valence-electron chi connectivity index (χ0n) is 11.2. The minimum atomic E-state index is 0.178. The zero-order valence-corrected chi connectivity index (χ0v) is 12.0. The van der Waals surface area contributed by atoms with E-state index in [1.54, 1.807) is 0 Å². The lowest BCUT2D eigenvalue weighted by molar-refractivity contribution is 0.626. The minimum absolute atomic E-state index is 0.178. The van der Waals surface area contributed by atoms with E-state index in [2.05, 4.69) is 60.7 Å². The molecule has 1 nitrogen and oxygen atoms in total. The van der Waals surface area contributed by atoms with Crippen molar-refractivity contribution in [2.24, 2.45) is 11.7 Å². The number of hydrogen-bond donors (Lipinski definition) is 1. The fourth-order valence-electron chi connectivity index (χ4n) is 3.07. The van der Waals surface area contributed by atoms with E-state index < -0.39 is 0 Å². The summed E-state index contributed by atoms with van der Waals surface area (Å²) >= 11 is 1.85. The van der Waals surface area contributed by atoms with Crippen molar-refractivity contribution in [1.29, 1.82) is 0 Å². The molecule has 0 aliphatic heterocycles. The van der Waals surface area contributed by atoms with Gasteiger partial charge in [0.25, 0.3) is 0 Å². The molecule has 2 aromatic carbocycles. The first-order valence-electron chi connectivity index (χ1n) is 7.12. The van der Waals surface area contributed by atoms with Gasteiger partial charge in [-0.05, 0) is 41.3 Å². The highest BCUT2D eigenvalue weighted by Gasteiger charge is 2.43. The van der Waals surface area contributed by atoms with Crippen LogP contribution in [0.4, 0.5) is 0 Å². The molecule has 1 saturated carbocycles. The van der Waals surface area contributed by atoms with Crippen LogP contribution in [-0.4, -0.2) is 0 Å². The molecule has 1 aliphatic rings. The van der Waals surface area contributed by atoms with Crippen LogP contribution in [0.15, 0.2) is 60.7 Å². The third-order valence-corrected chi connectivity index (χ3v) is 5.52. The van der Waals surface area contributed by atoms with Gasteiger partial charge < -0.3 is 5.73 Å². The van der Waals surface area contributed by atoms with E-state index in [9.17, 15) is 0 Å². The van der Waals surface area contributed by atoms with E-state index in [-0.39, 0.29) is 6.04 Å². The Morgan fingerprint density at radius 1 is 1.00 bits per heavy atom. The van der Waals surface area contributed by atoms with Gasteiger partial charge in [-0.15, -0.1) is 11.3 Å². The standard InChI is InChI=1S/C18H17NS/c19-18(15-11-14(15)12-6-2-1-3-7-12)17-10-13-8-4-5-9-16(13)20-17/h1-10,14-15,18H,11,19H2. The average Bonchev–Trinajstić information content (AvgIpc) is 3.18. The van der Waals surface area contributed by atoms with Crippen molar-refractivity contribution >= 4 is 21.4 Å². The van der Waals surface area contributed by atoms with Crippen molar-refractivity contribution in [1.82, 2.24) is 0 Å². The van der Waals surface area contributed by atoms with Crippen LogP contribution in [0.5, 0.6) is 0 Å². The molecule has 1 aromatic heterocycles. The van der Waals surface area contributed by atoms with Crippen molar-refractivity contribution < 1.29 is 0 Å². The molecule has 1 heterocycles. The molecule has 3 unspecified atom stereocenters.